The van der Waals surface area contributed by atoms with Gasteiger partial charge in [-0.3, -0.25) is 9.59 Å². The van der Waals surface area contributed by atoms with Crippen molar-refractivity contribution in [1.29, 1.82) is 0 Å². The largest absolute Gasteiger partial charge is 0.375 e. The van der Waals surface area contributed by atoms with Crippen LogP contribution in [0.4, 0.5) is 10.1 Å². The highest BCUT2D eigenvalue weighted by Gasteiger charge is 2.50. The Balaban J connectivity index is 1.51. The van der Waals surface area contributed by atoms with Crippen LogP contribution in [0.15, 0.2) is 91.0 Å². The van der Waals surface area contributed by atoms with Gasteiger partial charge in [0.15, 0.2) is 11.4 Å². The number of benzene rings is 4. The minimum Gasteiger partial charge on any atom is -0.375 e. The lowest BCUT2D eigenvalue weighted by atomic mass is 9.88. The SMILES string of the molecule is O=C(C[C@@]1(O)C(=O)N(Cc2cccc3ccccc23)c2ccccc21)c1ccc(F)cc1. The van der Waals surface area contributed by atoms with E-state index in [4.69, 9.17) is 0 Å². The second-order valence-electron chi connectivity index (χ2n) is 8.01. The fraction of sp³-hybridized carbons (Fsp3) is 0.111. The molecule has 0 bridgehead atoms. The van der Waals surface area contributed by atoms with Gasteiger partial charge in [-0.05, 0) is 46.7 Å². The molecule has 1 aliphatic rings. The Kier molecular flexibility index (Phi) is 4.83. The minimum atomic E-state index is -1.98. The number of halogens is 1. The third-order valence-electron chi connectivity index (χ3n) is 6.03. The monoisotopic (exact) mass is 425 g/mol. The number of rotatable bonds is 5. The summed E-state index contributed by atoms with van der Waals surface area (Å²) in [5.74, 6) is -1.42. The summed E-state index contributed by atoms with van der Waals surface area (Å²) in [7, 11) is 0. The molecule has 0 spiro atoms. The second-order valence-corrected chi connectivity index (χ2v) is 8.01. The molecule has 0 aromatic heterocycles. The van der Waals surface area contributed by atoms with Crippen LogP contribution in [-0.2, 0) is 16.9 Å². The average Bonchev–Trinajstić information content (AvgIpc) is 3.01. The van der Waals surface area contributed by atoms with E-state index in [1.54, 1.807) is 24.3 Å². The number of hydrogen-bond acceptors (Lipinski definition) is 3. The normalized spacial score (nSPS) is 17.6. The van der Waals surface area contributed by atoms with Crippen LogP contribution < -0.4 is 4.90 Å². The van der Waals surface area contributed by atoms with Gasteiger partial charge >= 0.3 is 0 Å². The third kappa shape index (κ3) is 3.27. The van der Waals surface area contributed by atoms with E-state index < -0.39 is 29.5 Å². The van der Waals surface area contributed by atoms with Crippen LogP contribution in [0.3, 0.4) is 0 Å². The van der Waals surface area contributed by atoms with E-state index in [2.05, 4.69) is 0 Å². The summed E-state index contributed by atoms with van der Waals surface area (Å²) in [5, 5.41) is 13.6. The number of aliphatic hydroxyl groups is 1. The Labute approximate surface area is 184 Å². The molecule has 1 heterocycles. The maximum atomic E-state index is 13.5. The van der Waals surface area contributed by atoms with Crippen LogP contribution in [0.5, 0.6) is 0 Å². The molecule has 1 amide bonds. The Morgan fingerprint density at radius 3 is 2.38 bits per heavy atom. The fourth-order valence-electron chi connectivity index (χ4n) is 4.41. The number of ketones is 1. The summed E-state index contributed by atoms with van der Waals surface area (Å²) >= 11 is 0. The highest BCUT2D eigenvalue weighted by atomic mass is 19.1. The Morgan fingerprint density at radius 1 is 0.875 bits per heavy atom. The van der Waals surface area contributed by atoms with Gasteiger partial charge in [0.25, 0.3) is 5.91 Å². The minimum absolute atomic E-state index is 0.248. The van der Waals surface area contributed by atoms with Gasteiger partial charge in [-0.2, -0.15) is 0 Å². The molecule has 1 aliphatic heterocycles. The first-order valence-electron chi connectivity index (χ1n) is 10.4. The molecular weight excluding hydrogens is 405 g/mol. The fourth-order valence-corrected chi connectivity index (χ4v) is 4.41. The first-order chi connectivity index (χ1) is 15.5. The molecule has 0 saturated carbocycles. The molecule has 1 atom stereocenters. The molecule has 5 heteroatoms. The van der Waals surface area contributed by atoms with E-state index in [1.807, 2.05) is 42.5 Å². The zero-order valence-corrected chi connectivity index (χ0v) is 17.2. The van der Waals surface area contributed by atoms with Crippen molar-refractivity contribution in [1.82, 2.24) is 0 Å². The average molecular weight is 425 g/mol. The molecule has 4 aromatic carbocycles. The molecule has 0 fully saturated rings. The zero-order valence-electron chi connectivity index (χ0n) is 17.2. The van der Waals surface area contributed by atoms with E-state index in [-0.39, 0.29) is 12.1 Å². The van der Waals surface area contributed by atoms with Crippen molar-refractivity contribution in [3.05, 3.63) is 114 Å². The summed E-state index contributed by atoms with van der Waals surface area (Å²) in [4.78, 5) is 27.9. The quantitative estimate of drug-likeness (QED) is 0.459. The highest BCUT2D eigenvalue weighted by Crippen LogP contribution is 2.43. The number of hydrogen-bond donors (Lipinski definition) is 1. The molecule has 4 aromatic rings. The van der Waals surface area contributed by atoms with E-state index in [0.717, 1.165) is 16.3 Å². The lowest BCUT2D eigenvalue weighted by Gasteiger charge is -2.23. The maximum Gasteiger partial charge on any atom is 0.264 e. The van der Waals surface area contributed by atoms with Gasteiger partial charge in [-0.25, -0.2) is 4.39 Å². The van der Waals surface area contributed by atoms with E-state index in [9.17, 15) is 19.1 Å². The van der Waals surface area contributed by atoms with Gasteiger partial charge in [0.05, 0.1) is 18.7 Å². The van der Waals surface area contributed by atoms with Crippen LogP contribution >= 0.6 is 0 Å². The molecule has 0 aliphatic carbocycles. The summed E-state index contributed by atoms with van der Waals surface area (Å²) in [6.45, 7) is 0.268. The predicted molar refractivity (Wildman–Crippen MR) is 121 cm³/mol. The lowest BCUT2D eigenvalue weighted by molar-refractivity contribution is -0.136. The smallest absolute Gasteiger partial charge is 0.264 e. The van der Waals surface area contributed by atoms with Crippen molar-refractivity contribution in [3.8, 4) is 0 Å². The number of para-hydroxylation sites is 1. The maximum absolute atomic E-state index is 13.5. The van der Waals surface area contributed by atoms with E-state index in [1.165, 1.54) is 29.2 Å². The first kappa shape index (κ1) is 20.1. The summed E-state index contributed by atoms with van der Waals surface area (Å²) in [6, 6.07) is 25.9. The predicted octanol–water partition coefficient (Wildman–Crippen LogP) is 4.99. The summed E-state index contributed by atoms with van der Waals surface area (Å²) in [6.07, 6.45) is -0.416. The van der Waals surface area contributed by atoms with Crippen LogP contribution in [0, 0.1) is 5.82 Å². The molecule has 5 rings (SSSR count). The van der Waals surface area contributed by atoms with Crippen molar-refractivity contribution in [2.45, 2.75) is 18.6 Å². The third-order valence-corrected chi connectivity index (χ3v) is 6.03. The Hall–Kier alpha value is -3.83. The molecule has 0 radical (unpaired) electrons. The van der Waals surface area contributed by atoms with Crippen LogP contribution in [0.1, 0.15) is 27.9 Å². The molecule has 32 heavy (non-hydrogen) atoms. The second kappa shape index (κ2) is 7.70. The van der Waals surface area contributed by atoms with Crippen molar-refractivity contribution in [2.75, 3.05) is 4.90 Å². The van der Waals surface area contributed by atoms with Crippen molar-refractivity contribution >= 4 is 28.2 Å². The summed E-state index contributed by atoms with van der Waals surface area (Å²) in [5.41, 5.74) is 0.200. The number of Topliss-reactive ketones (excluding diaryl/α,β-unsaturated/α-hetero) is 1. The van der Waals surface area contributed by atoms with Crippen molar-refractivity contribution < 1.29 is 19.1 Å². The van der Waals surface area contributed by atoms with Crippen LogP contribution in [0.2, 0.25) is 0 Å². The molecule has 0 unspecified atom stereocenters. The molecule has 0 saturated heterocycles. The number of fused-ring (bicyclic) bond motifs is 2. The van der Waals surface area contributed by atoms with Crippen LogP contribution in [-0.4, -0.2) is 16.8 Å². The van der Waals surface area contributed by atoms with Crippen molar-refractivity contribution in [2.24, 2.45) is 0 Å². The van der Waals surface area contributed by atoms with Crippen LogP contribution in [0.25, 0.3) is 10.8 Å². The Bertz CT molecular complexity index is 1340. The van der Waals surface area contributed by atoms with Gasteiger partial charge in [0.2, 0.25) is 0 Å². The summed E-state index contributed by atoms with van der Waals surface area (Å²) < 4.78 is 13.2. The highest BCUT2D eigenvalue weighted by molar-refractivity contribution is 6.11. The number of carbonyl (C=O) groups excluding carboxylic acids is 2. The number of anilines is 1. The molecule has 4 nitrogen and oxygen atoms in total. The van der Waals surface area contributed by atoms with Gasteiger partial charge in [-0.1, -0.05) is 60.7 Å². The van der Waals surface area contributed by atoms with E-state index >= 15 is 0 Å². The van der Waals surface area contributed by atoms with Crippen molar-refractivity contribution in [3.63, 3.8) is 0 Å². The van der Waals surface area contributed by atoms with Gasteiger partial charge in [0.1, 0.15) is 5.82 Å². The molecule has 1 N–H and O–H groups in total. The lowest BCUT2D eigenvalue weighted by Crippen LogP contribution is -2.41. The topological polar surface area (TPSA) is 57.6 Å². The number of nitrogens with zero attached hydrogens (tertiary/aromatic N) is 1. The number of carbonyl (C=O) groups is 2. The number of amides is 1. The first-order valence-corrected chi connectivity index (χ1v) is 10.4. The van der Waals surface area contributed by atoms with Gasteiger partial charge < -0.3 is 10.0 Å². The Morgan fingerprint density at radius 2 is 1.56 bits per heavy atom. The molecular formula is C27H20FNO3. The standard InChI is InChI=1S/C27H20FNO3/c28-21-14-12-19(13-15-21)25(30)16-27(32)23-10-3-4-11-24(23)29(26(27)31)17-20-8-5-7-18-6-1-2-9-22(18)20/h1-15,32H,16-17H2/t27-/m0/s1. The van der Waals surface area contributed by atoms with Gasteiger partial charge in [0, 0.05) is 11.1 Å². The molecule has 158 valence electrons. The van der Waals surface area contributed by atoms with E-state index in [0.29, 0.717) is 11.3 Å². The van der Waals surface area contributed by atoms with Gasteiger partial charge in [-0.15, -0.1) is 0 Å². The zero-order chi connectivity index (χ0) is 22.3.